The number of ether oxygens (including phenoxy) is 1. The number of aryl methyl sites for hydroxylation is 1. The lowest BCUT2D eigenvalue weighted by Gasteiger charge is -2.36. The third-order valence-corrected chi connectivity index (χ3v) is 4.67. The molecule has 1 aliphatic rings. The van der Waals surface area contributed by atoms with Crippen molar-refractivity contribution in [3.8, 4) is 5.75 Å². The van der Waals surface area contributed by atoms with Crippen molar-refractivity contribution in [2.75, 3.05) is 20.2 Å². The van der Waals surface area contributed by atoms with E-state index in [4.69, 9.17) is 10.5 Å². The quantitative estimate of drug-likeness (QED) is 0.941. The summed E-state index contributed by atoms with van der Waals surface area (Å²) in [4.78, 5) is 2.48. The monoisotopic (exact) mass is 310 g/mol. The highest BCUT2D eigenvalue weighted by atomic mass is 16.5. The Morgan fingerprint density at radius 1 is 1.04 bits per heavy atom. The summed E-state index contributed by atoms with van der Waals surface area (Å²) in [7, 11) is 1.70. The number of hydrogen-bond donors (Lipinski definition) is 1. The van der Waals surface area contributed by atoms with Crippen molar-refractivity contribution in [2.24, 2.45) is 5.73 Å². The Bertz CT molecular complexity index is 621. The van der Waals surface area contributed by atoms with Gasteiger partial charge in [-0.05, 0) is 42.5 Å². The molecule has 2 aromatic carbocycles. The van der Waals surface area contributed by atoms with Gasteiger partial charge in [-0.3, -0.25) is 4.90 Å². The van der Waals surface area contributed by atoms with E-state index in [9.17, 15) is 0 Å². The maximum atomic E-state index is 6.32. The molecule has 122 valence electrons. The molecule has 0 bridgehead atoms. The van der Waals surface area contributed by atoms with E-state index in [0.29, 0.717) is 5.92 Å². The molecular formula is C20H26N2O. The van der Waals surface area contributed by atoms with Crippen LogP contribution < -0.4 is 10.5 Å². The van der Waals surface area contributed by atoms with Crippen molar-refractivity contribution < 1.29 is 4.74 Å². The van der Waals surface area contributed by atoms with Gasteiger partial charge in [-0.2, -0.15) is 0 Å². The molecule has 0 radical (unpaired) electrons. The molecule has 3 heteroatoms. The van der Waals surface area contributed by atoms with Crippen LogP contribution in [0, 0.1) is 6.92 Å². The van der Waals surface area contributed by atoms with Crippen LogP contribution >= 0.6 is 0 Å². The van der Waals surface area contributed by atoms with Crippen LogP contribution in [0.3, 0.4) is 0 Å². The molecule has 3 rings (SSSR count). The third-order valence-electron chi connectivity index (χ3n) is 4.67. The van der Waals surface area contributed by atoms with Crippen molar-refractivity contribution in [1.29, 1.82) is 0 Å². The average Bonchev–Trinajstić information content (AvgIpc) is 2.56. The van der Waals surface area contributed by atoms with Gasteiger partial charge in [0.25, 0.3) is 0 Å². The molecule has 1 aliphatic heterocycles. The first-order valence-electron chi connectivity index (χ1n) is 8.31. The molecule has 1 fully saturated rings. The Morgan fingerprint density at radius 2 is 1.74 bits per heavy atom. The van der Waals surface area contributed by atoms with Crippen LogP contribution in [-0.4, -0.2) is 31.1 Å². The Balaban J connectivity index is 1.69. The molecule has 0 amide bonds. The second kappa shape index (κ2) is 7.16. The van der Waals surface area contributed by atoms with Gasteiger partial charge in [0, 0.05) is 25.7 Å². The average molecular weight is 310 g/mol. The summed E-state index contributed by atoms with van der Waals surface area (Å²) in [5.74, 6) is 1.40. The number of nitrogens with two attached hydrogens (primary N) is 1. The molecule has 1 heterocycles. The first kappa shape index (κ1) is 16.0. The summed E-state index contributed by atoms with van der Waals surface area (Å²) in [6, 6.07) is 17.5. The van der Waals surface area contributed by atoms with Crippen molar-refractivity contribution >= 4 is 0 Å². The summed E-state index contributed by atoms with van der Waals surface area (Å²) < 4.78 is 5.25. The number of methoxy groups -OCH3 is 1. The van der Waals surface area contributed by atoms with E-state index in [1.54, 1.807) is 7.11 Å². The molecule has 3 nitrogen and oxygen atoms in total. The van der Waals surface area contributed by atoms with Crippen LogP contribution in [0.15, 0.2) is 48.5 Å². The maximum Gasteiger partial charge on any atom is 0.118 e. The fourth-order valence-corrected chi connectivity index (χ4v) is 3.43. The second-order valence-electron chi connectivity index (χ2n) is 6.65. The van der Waals surface area contributed by atoms with Crippen LogP contribution in [0.1, 0.15) is 29.0 Å². The fraction of sp³-hybridized carbons (Fsp3) is 0.400. The van der Waals surface area contributed by atoms with Crippen LogP contribution in [0.2, 0.25) is 0 Å². The van der Waals surface area contributed by atoms with Crippen molar-refractivity contribution in [3.05, 3.63) is 65.2 Å². The zero-order valence-corrected chi connectivity index (χ0v) is 14.0. The van der Waals surface area contributed by atoms with E-state index in [-0.39, 0.29) is 6.04 Å². The van der Waals surface area contributed by atoms with Crippen LogP contribution in [-0.2, 0) is 6.54 Å². The first-order valence-corrected chi connectivity index (χ1v) is 8.31. The van der Waals surface area contributed by atoms with E-state index in [2.05, 4.69) is 48.2 Å². The van der Waals surface area contributed by atoms with E-state index < -0.39 is 0 Å². The molecule has 0 spiro atoms. The highest BCUT2D eigenvalue weighted by molar-refractivity contribution is 5.30. The highest BCUT2D eigenvalue weighted by Gasteiger charge is 2.26. The zero-order chi connectivity index (χ0) is 16.2. The predicted octanol–water partition coefficient (Wildman–Crippen LogP) is 3.32. The van der Waals surface area contributed by atoms with Gasteiger partial charge < -0.3 is 10.5 Å². The lowest BCUT2D eigenvalue weighted by atomic mass is 9.88. The number of likely N-dealkylation sites (tertiary alicyclic amines) is 1. The molecule has 2 aromatic rings. The molecule has 2 N–H and O–H groups in total. The van der Waals surface area contributed by atoms with Crippen molar-refractivity contribution in [1.82, 2.24) is 4.90 Å². The van der Waals surface area contributed by atoms with Gasteiger partial charge in [0.1, 0.15) is 5.75 Å². The summed E-state index contributed by atoms with van der Waals surface area (Å²) in [6.07, 6.45) is 1.05. The SMILES string of the molecule is COc1ccc(C2CC(N)CN(Cc3ccc(C)cc3)C2)cc1. The number of hydrogen-bond acceptors (Lipinski definition) is 3. The Labute approximate surface area is 139 Å². The smallest absolute Gasteiger partial charge is 0.118 e. The number of benzene rings is 2. The standard InChI is InChI=1S/C20H26N2O/c1-15-3-5-16(6-4-15)12-22-13-18(11-19(21)14-22)17-7-9-20(23-2)10-8-17/h3-10,18-19H,11-14,21H2,1-2H3. The second-order valence-corrected chi connectivity index (χ2v) is 6.65. The van der Waals surface area contributed by atoms with Gasteiger partial charge in [0.2, 0.25) is 0 Å². The molecule has 0 aliphatic carbocycles. The molecule has 0 saturated carbocycles. The highest BCUT2D eigenvalue weighted by Crippen LogP contribution is 2.28. The van der Waals surface area contributed by atoms with Gasteiger partial charge in [-0.25, -0.2) is 0 Å². The Kier molecular flexibility index (Phi) is 4.99. The summed E-state index contributed by atoms with van der Waals surface area (Å²) in [5, 5.41) is 0. The number of piperidine rings is 1. The fourth-order valence-electron chi connectivity index (χ4n) is 3.43. The minimum Gasteiger partial charge on any atom is -0.497 e. The van der Waals surface area contributed by atoms with Gasteiger partial charge in [0.05, 0.1) is 7.11 Å². The lowest BCUT2D eigenvalue weighted by Crippen LogP contribution is -2.45. The molecule has 2 atom stereocenters. The van der Waals surface area contributed by atoms with Crippen molar-refractivity contribution in [3.63, 3.8) is 0 Å². The molecule has 2 unspecified atom stereocenters. The molecule has 1 saturated heterocycles. The minimum atomic E-state index is 0.237. The third kappa shape index (κ3) is 4.12. The van der Waals surface area contributed by atoms with Crippen LogP contribution in [0.25, 0.3) is 0 Å². The normalized spacial score (nSPS) is 22.0. The van der Waals surface area contributed by atoms with Crippen LogP contribution in [0.4, 0.5) is 0 Å². The largest absolute Gasteiger partial charge is 0.497 e. The van der Waals surface area contributed by atoms with E-state index >= 15 is 0 Å². The molecular weight excluding hydrogens is 284 g/mol. The van der Waals surface area contributed by atoms with E-state index in [0.717, 1.165) is 31.8 Å². The topological polar surface area (TPSA) is 38.5 Å². The molecule has 23 heavy (non-hydrogen) atoms. The van der Waals surface area contributed by atoms with Gasteiger partial charge in [0.15, 0.2) is 0 Å². The summed E-state index contributed by atoms with van der Waals surface area (Å²) >= 11 is 0. The number of rotatable bonds is 4. The first-order chi connectivity index (χ1) is 11.1. The lowest BCUT2D eigenvalue weighted by molar-refractivity contribution is 0.181. The zero-order valence-electron chi connectivity index (χ0n) is 14.0. The van der Waals surface area contributed by atoms with Gasteiger partial charge >= 0.3 is 0 Å². The van der Waals surface area contributed by atoms with Gasteiger partial charge in [-0.1, -0.05) is 42.0 Å². The predicted molar refractivity (Wildman–Crippen MR) is 94.8 cm³/mol. The van der Waals surface area contributed by atoms with Crippen LogP contribution in [0.5, 0.6) is 5.75 Å². The number of nitrogens with zero attached hydrogens (tertiary/aromatic N) is 1. The Hall–Kier alpha value is -1.84. The van der Waals surface area contributed by atoms with Gasteiger partial charge in [-0.15, -0.1) is 0 Å². The van der Waals surface area contributed by atoms with E-state index in [1.165, 1.54) is 16.7 Å². The maximum absolute atomic E-state index is 6.32. The molecule has 0 aromatic heterocycles. The Morgan fingerprint density at radius 3 is 2.39 bits per heavy atom. The van der Waals surface area contributed by atoms with Crippen molar-refractivity contribution in [2.45, 2.75) is 31.8 Å². The minimum absolute atomic E-state index is 0.237. The van der Waals surface area contributed by atoms with E-state index in [1.807, 2.05) is 12.1 Å². The summed E-state index contributed by atoms with van der Waals surface area (Å²) in [5.41, 5.74) is 10.3. The summed E-state index contributed by atoms with van der Waals surface area (Å²) in [6.45, 7) is 5.13.